The molecule has 0 spiro atoms. The summed E-state index contributed by atoms with van der Waals surface area (Å²) in [5.41, 5.74) is 4.24. The molecule has 2 aromatic carbocycles. The van der Waals surface area contributed by atoms with Gasteiger partial charge in [0, 0.05) is 28.6 Å². The average molecular weight is 358 g/mol. The van der Waals surface area contributed by atoms with Crippen LogP contribution in [0.4, 0.5) is 21.9 Å². The van der Waals surface area contributed by atoms with Gasteiger partial charge >= 0.3 is 6.03 Å². The second-order valence-electron chi connectivity index (χ2n) is 5.85. The number of aliphatic imine (C=N–C) groups is 1. The zero-order valence-corrected chi connectivity index (χ0v) is 14.9. The lowest BCUT2D eigenvalue weighted by molar-refractivity contribution is 0.262. The molecule has 1 heterocycles. The quantitative estimate of drug-likeness (QED) is 0.671. The molecule has 0 saturated heterocycles. The maximum Gasteiger partial charge on any atom is 0.323 e. The number of carbonyl (C=O) groups is 1. The van der Waals surface area contributed by atoms with E-state index in [1.54, 1.807) is 6.07 Å². The fourth-order valence-corrected chi connectivity index (χ4v) is 2.59. The van der Waals surface area contributed by atoms with Crippen molar-refractivity contribution in [1.29, 1.82) is 0 Å². The number of rotatable bonds is 3. The molecular formula is C18H20ClN5O. The van der Waals surface area contributed by atoms with Crippen LogP contribution in [-0.2, 0) is 0 Å². The van der Waals surface area contributed by atoms with Crippen molar-refractivity contribution in [1.82, 2.24) is 5.32 Å². The lowest BCUT2D eigenvalue weighted by Crippen LogP contribution is -2.26. The number of carbonyl (C=O) groups excluding carboxylic acids is 1. The Kier molecular flexibility index (Phi) is 5.09. The van der Waals surface area contributed by atoms with Gasteiger partial charge in [-0.3, -0.25) is 4.99 Å². The molecule has 0 unspecified atom stereocenters. The van der Waals surface area contributed by atoms with Crippen LogP contribution < -0.4 is 21.3 Å². The minimum atomic E-state index is -0.328. The standard InChI is InChI=1S/C18H20ClN5O/c1-11-3-5-13(9-15(11)19)22-18(25)23-14-6-4-12(2)16(10-14)24-17-20-7-8-21-17/h3-6,9-10H,7-8H2,1-2H3,(H2,20,21,24)(H2,22,23,25). The maximum absolute atomic E-state index is 12.2. The molecule has 0 atom stereocenters. The zero-order chi connectivity index (χ0) is 17.8. The number of nitrogens with zero attached hydrogens (tertiary/aromatic N) is 1. The summed E-state index contributed by atoms with van der Waals surface area (Å²) < 4.78 is 0. The van der Waals surface area contributed by atoms with Crippen molar-refractivity contribution in [2.75, 3.05) is 29.0 Å². The Hall–Kier alpha value is -2.73. The highest BCUT2D eigenvalue weighted by Gasteiger charge is 2.09. The third-order valence-corrected chi connectivity index (χ3v) is 4.26. The minimum Gasteiger partial charge on any atom is -0.354 e. The van der Waals surface area contributed by atoms with Crippen molar-refractivity contribution in [3.8, 4) is 0 Å². The van der Waals surface area contributed by atoms with Crippen molar-refractivity contribution in [3.63, 3.8) is 0 Å². The molecule has 0 fully saturated rings. The molecule has 0 bridgehead atoms. The number of amides is 2. The number of benzene rings is 2. The summed E-state index contributed by atoms with van der Waals surface area (Å²) in [6.07, 6.45) is 0. The van der Waals surface area contributed by atoms with E-state index in [9.17, 15) is 4.79 Å². The molecule has 3 rings (SSSR count). The molecule has 2 aromatic rings. The summed E-state index contributed by atoms with van der Waals surface area (Å²) in [4.78, 5) is 16.5. The largest absolute Gasteiger partial charge is 0.354 e. The summed E-state index contributed by atoms with van der Waals surface area (Å²) in [5.74, 6) is 0.749. The Balaban J connectivity index is 1.67. The van der Waals surface area contributed by atoms with E-state index in [1.165, 1.54) is 0 Å². The van der Waals surface area contributed by atoms with Crippen LogP contribution in [0.15, 0.2) is 41.4 Å². The van der Waals surface area contributed by atoms with Crippen molar-refractivity contribution >= 4 is 40.7 Å². The van der Waals surface area contributed by atoms with E-state index >= 15 is 0 Å². The molecule has 1 aliphatic rings. The maximum atomic E-state index is 12.2. The number of aryl methyl sites for hydroxylation is 2. The van der Waals surface area contributed by atoms with Gasteiger partial charge in [0.15, 0.2) is 5.96 Å². The predicted molar refractivity (Wildman–Crippen MR) is 104 cm³/mol. The van der Waals surface area contributed by atoms with Crippen LogP contribution in [0.1, 0.15) is 11.1 Å². The normalized spacial score (nSPS) is 13.0. The summed E-state index contributed by atoms with van der Waals surface area (Å²) in [7, 11) is 0. The fraction of sp³-hybridized carbons (Fsp3) is 0.222. The van der Waals surface area contributed by atoms with Gasteiger partial charge in [0.2, 0.25) is 0 Å². The number of hydrogen-bond acceptors (Lipinski definition) is 4. The summed E-state index contributed by atoms with van der Waals surface area (Å²) in [6, 6.07) is 10.7. The molecule has 1 aliphatic heterocycles. The molecule has 0 radical (unpaired) electrons. The Morgan fingerprint density at radius 3 is 2.40 bits per heavy atom. The Morgan fingerprint density at radius 2 is 1.76 bits per heavy atom. The van der Waals surface area contributed by atoms with E-state index in [0.29, 0.717) is 16.4 Å². The van der Waals surface area contributed by atoms with Gasteiger partial charge in [-0.05, 0) is 49.2 Å². The second kappa shape index (κ2) is 7.44. The van der Waals surface area contributed by atoms with Gasteiger partial charge in [-0.15, -0.1) is 0 Å². The number of guanidine groups is 1. The molecular weight excluding hydrogens is 338 g/mol. The van der Waals surface area contributed by atoms with Gasteiger partial charge in [-0.1, -0.05) is 23.7 Å². The molecule has 130 valence electrons. The smallest absolute Gasteiger partial charge is 0.323 e. The van der Waals surface area contributed by atoms with Crippen LogP contribution in [0.3, 0.4) is 0 Å². The van der Waals surface area contributed by atoms with Crippen LogP contribution in [0.2, 0.25) is 5.02 Å². The van der Waals surface area contributed by atoms with Crippen LogP contribution >= 0.6 is 11.6 Å². The Morgan fingerprint density at radius 1 is 1.08 bits per heavy atom. The number of halogens is 1. The number of anilines is 3. The van der Waals surface area contributed by atoms with Gasteiger partial charge < -0.3 is 21.3 Å². The fourth-order valence-electron chi connectivity index (χ4n) is 2.41. The molecule has 4 N–H and O–H groups in total. The number of hydrogen-bond donors (Lipinski definition) is 4. The molecule has 0 aromatic heterocycles. The lowest BCUT2D eigenvalue weighted by Gasteiger charge is -2.13. The van der Waals surface area contributed by atoms with E-state index in [-0.39, 0.29) is 6.03 Å². The molecule has 0 aliphatic carbocycles. The monoisotopic (exact) mass is 357 g/mol. The van der Waals surface area contributed by atoms with E-state index in [0.717, 1.165) is 35.9 Å². The summed E-state index contributed by atoms with van der Waals surface area (Å²) >= 11 is 6.08. The molecule has 7 heteroatoms. The van der Waals surface area contributed by atoms with Crippen LogP contribution in [0.25, 0.3) is 0 Å². The lowest BCUT2D eigenvalue weighted by atomic mass is 10.2. The van der Waals surface area contributed by atoms with Crippen LogP contribution in [0.5, 0.6) is 0 Å². The number of nitrogens with one attached hydrogen (secondary N) is 4. The van der Waals surface area contributed by atoms with Gasteiger partial charge in [0.25, 0.3) is 0 Å². The highest BCUT2D eigenvalue weighted by atomic mass is 35.5. The van der Waals surface area contributed by atoms with Gasteiger partial charge in [-0.25, -0.2) is 4.79 Å². The van der Waals surface area contributed by atoms with Crippen molar-refractivity contribution in [2.24, 2.45) is 4.99 Å². The zero-order valence-electron chi connectivity index (χ0n) is 14.1. The molecule has 0 saturated carbocycles. The van der Waals surface area contributed by atoms with Crippen LogP contribution in [0, 0.1) is 13.8 Å². The number of urea groups is 1. The molecule has 25 heavy (non-hydrogen) atoms. The van der Waals surface area contributed by atoms with E-state index in [2.05, 4.69) is 26.3 Å². The van der Waals surface area contributed by atoms with E-state index in [4.69, 9.17) is 11.6 Å². The van der Waals surface area contributed by atoms with E-state index in [1.807, 2.05) is 44.2 Å². The highest BCUT2D eigenvalue weighted by molar-refractivity contribution is 6.31. The van der Waals surface area contributed by atoms with Gasteiger partial charge in [0.1, 0.15) is 0 Å². The summed E-state index contributed by atoms with van der Waals surface area (Å²) in [6.45, 7) is 5.51. The third kappa shape index (κ3) is 4.42. The first kappa shape index (κ1) is 17.1. The molecule has 2 amide bonds. The first-order valence-electron chi connectivity index (χ1n) is 8.01. The third-order valence-electron chi connectivity index (χ3n) is 3.85. The van der Waals surface area contributed by atoms with Crippen molar-refractivity contribution in [2.45, 2.75) is 13.8 Å². The predicted octanol–water partition coefficient (Wildman–Crippen LogP) is 3.97. The summed E-state index contributed by atoms with van der Waals surface area (Å²) in [5, 5.41) is 12.6. The van der Waals surface area contributed by atoms with Gasteiger partial charge in [-0.2, -0.15) is 0 Å². The first-order valence-corrected chi connectivity index (χ1v) is 8.39. The first-order chi connectivity index (χ1) is 12.0. The minimum absolute atomic E-state index is 0.328. The van der Waals surface area contributed by atoms with E-state index < -0.39 is 0 Å². The Bertz CT molecular complexity index is 834. The molecule has 6 nitrogen and oxygen atoms in total. The Labute approximate surface area is 151 Å². The van der Waals surface area contributed by atoms with Crippen molar-refractivity contribution < 1.29 is 4.79 Å². The van der Waals surface area contributed by atoms with Crippen LogP contribution in [-0.4, -0.2) is 25.1 Å². The topological polar surface area (TPSA) is 77.6 Å². The average Bonchev–Trinajstić information content (AvgIpc) is 3.07. The van der Waals surface area contributed by atoms with Crippen molar-refractivity contribution in [3.05, 3.63) is 52.5 Å². The van der Waals surface area contributed by atoms with Gasteiger partial charge in [0.05, 0.1) is 6.54 Å². The second-order valence-corrected chi connectivity index (χ2v) is 6.26. The highest BCUT2D eigenvalue weighted by Crippen LogP contribution is 2.22. The SMILES string of the molecule is Cc1ccc(NC(=O)Nc2ccc(C)c(NC3=NCCN3)c2)cc1Cl.